The molecule has 3 N–H and O–H groups in total. The van der Waals surface area contributed by atoms with Gasteiger partial charge in [-0.15, -0.1) is 0 Å². The van der Waals surface area contributed by atoms with Crippen LogP contribution < -0.4 is 20.3 Å². The van der Waals surface area contributed by atoms with E-state index in [1.165, 1.54) is 10.5 Å². The standard InChI is InChI=1S/C21H27N3O2S/c1-2-26-19-10-8-18(9-11-19)22-21(27)23-20(17-6-4-3-5-7-17)16-24-12-14-25-15-13-24/h3-11,20H,2,12-16H2,1H3,(H2,22,23,27)/p+1/t20-/m1/s1. The van der Waals surface area contributed by atoms with E-state index < -0.39 is 0 Å². The van der Waals surface area contributed by atoms with Crippen molar-refractivity contribution in [3.63, 3.8) is 0 Å². The van der Waals surface area contributed by atoms with Crippen LogP contribution in [0.4, 0.5) is 5.69 Å². The van der Waals surface area contributed by atoms with E-state index in [1.54, 1.807) is 0 Å². The van der Waals surface area contributed by atoms with Crippen molar-refractivity contribution in [2.45, 2.75) is 13.0 Å². The summed E-state index contributed by atoms with van der Waals surface area (Å²) in [4.78, 5) is 1.53. The number of thiocarbonyl (C=S) groups is 1. The molecule has 0 aliphatic carbocycles. The number of anilines is 1. The number of hydrogen-bond acceptors (Lipinski definition) is 3. The van der Waals surface area contributed by atoms with Crippen LogP contribution in [0.1, 0.15) is 18.5 Å². The number of benzene rings is 2. The number of nitrogens with one attached hydrogen (secondary N) is 3. The van der Waals surface area contributed by atoms with Crippen LogP contribution in [0.3, 0.4) is 0 Å². The van der Waals surface area contributed by atoms with E-state index in [2.05, 4.69) is 34.9 Å². The van der Waals surface area contributed by atoms with Crippen molar-refractivity contribution in [2.75, 3.05) is 44.8 Å². The van der Waals surface area contributed by atoms with Gasteiger partial charge in [0.25, 0.3) is 0 Å². The number of rotatable bonds is 7. The highest BCUT2D eigenvalue weighted by molar-refractivity contribution is 7.80. The summed E-state index contributed by atoms with van der Waals surface area (Å²) in [5.41, 5.74) is 2.19. The van der Waals surface area contributed by atoms with Crippen LogP contribution in [0, 0.1) is 0 Å². The average Bonchev–Trinajstić information content (AvgIpc) is 2.71. The molecular formula is C21H28N3O2S+. The highest BCUT2D eigenvalue weighted by atomic mass is 32.1. The van der Waals surface area contributed by atoms with Crippen molar-refractivity contribution in [2.24, 2.45) is 0 Å². The zero-order chi connectivity index (χ0) is 18.9. The first kappa shape index (κ1) is 19.6. The maximum absolute atomic E-state index is 5.58. The third-order valence-electron chi connectivity index (χ3n) is 4.62. The molecule has 2 aromatic rings. The first-order valence-electron chi connectivity index (χ1n) is 9.51. The summed E-state index contributed by atoms with van der Waals surface area (Å²) in [5, 5.41) is 7.40. The molecule has 144 valence electrons. The molecule has 0 bridgehead atoms. The van der Waals surface area contributed by atoms with E-state index in [0.29, 0.717) is 11.7 Å². The monoisotopic (exact) mass is 386 g/mol. The molecule has 6 heteroatoms. The van der Waals surface area contributed by atoms with Crippen molar-refractivity contribution in [1.29, 1.82) is 0 Å². The lowest BCUT2D eigenvalue weighted by Crippen LogP contribution is -3.14. The molecule has 0 amide bonds. The molecule has 3 rings (SSSR count). The fourth-order valence-corrected chi connectivity index (χ4v) is 3.48. The fourth-order valence-electron chi connectivity index (χ4n) is 3.22. The molecule has 27 heavy (non-hydrogen) atoms. The predicted octanol–water partition coefficient (Wildman–Crippen LogP) is 2.03. The van der Waals surface area contributed by atoms with Crippen molar-refractivity contribution in [3.05, 3.63) is 60.2 Å². The van der Waals surface area contributed by atoms with Crippen molar-refractivity contribution < 1.29 is 14.4 Å². The molecule has 0 radical (unpaired) electrons. The minimum atomic E-state index is 0.155. The second-order valence-corrected chi connectivity index (χ2v) is 6.99. The maximum Gasteiger partial charge on any atom is 0.171 e. The van der Waals surface area contributed by atoms with E-state index in [1.807, 2.05) is 37.3 Å². The molecule has 0 saturated carbocycles. The van der Waals surface area contributed by atoms with Crippen LogP contribution in [0.25, 0.3) is 0 Å². The van der Waals surface area contributed by atoms with Crippen LogP contribution >= 0.6 is 12.2 Å². The van der Waals surface area contributed by atoms with Gasteiger partial charge < -0.3 is 25.0 Å². The number of hydrogen-bond donors (Lipinski definition) is 3. The molecule has 1 fully saturated rings. The quantitative estimate of drug-likeness (QED) is 0.636. The van der Waals surface area contributed by atoms with E-state index >= 15 is 0 Å². The van der Waals surface area contributed by atoms with Gasteiger partial charge in [-0.1, -0.05) is 30.3 Å². The molecular weight excluding hydrogens is 358 g/mol. The van der Waals surface area contributed by atoms with Gasteiger partial charge in [0.2, 0.25) is 0 Å². The molecule has 1 heterocycles. The van der Waals surface area contributed by atoms with Crippen LogP contribution in [-0.2, 0) is 4.74 Å². The summed E-state index contributed by atoms with van der Waals surface area (Å²) in [5.74, 6) is 0.861. The highest BCUT2D eigenvalue weighted by Crippen LogP contribution is 2.16. The number of ether oxygens (including phenoxy) is 2. The summed E-state index contributed by atoms with van der Waals surface area (Å²) in [6.07, 6.45) is 0. The van der Waals surface area contributed by atoms with Gasteiger partial charge in [-0.25, -0.2) is 0 Å². The van der Waals surface area contributed by atoms with Gasteiger partial charge in [0, 0.05) is 5.69 Å². The molecule has 1 saturated heterocycles. The first-order chi connectivity index (χ1) is 13.2. The van der Waals surface area contributed by atoms with Gasteiger partial charge >= 0.3 is 0 Å². The van der Waals surface area contributed by atoms with E-state index in [9.17, 15) is 0 Å². The zero-order valence-corrected chi connectivity index (χ0v) is 16.6. The van der Waals surface area contributed by atoms with E-state index in [4.69, 9.17) is 21.7 Å². The Morgan fingerprint density at radius 1 is 1.11 bits per heavy atom. The highest BCUT2D eigenvalue weighted by Gasteiger charge is 2.22. The summed E-state index contributed by atoms with van der Waals surface area (Å²) < 4.78 is 11.0. The second kappa shape index (κ2) is 10.3. The summed E-state index contributed by atoms with van der Waals surface area (Å²) >= 11 is 5.58. The zero-order valence-electron chi connectivity index (χ0n) is 15.7. The molecule has 0 unspecified atom stereocenters. The van der Waals surface area contributed by atoms with Gasteiger partial charge in [-0.05, 0) is 49.0 Å². The minimum absolute atomic E-state index is 0.155. The lowest BCUT2D eigenvalue weighted by Gasteiger charge is -2.29. The predicted molar refractivity (Wildman–Crippen MR) is 113 cm³/mol. The Morgan fingerprint density at radius 3 is 2.48 bits per heavy atom. The van der Waals surface area contributed by atoms with E-state index in [0.717, 1.165) is 44.3 Å². The minimum Gasteiger partial charge on any atom is -0.494 e. The largest absolute Gasteiger partial charge is 0.494 e. The number of quaternary nitrogens is 1. The number of morpholine rings is 1. The van der Waals surface area contributed by atoms with Gasteiger partial charge in [0.15, 0.2) is 5.11 Å². The fraction of sp³-hybridized carbons (Fsp3) is 0.381. The third-order valence-corrected chi connectivity index (χ3v) is 4.84. The SMILES string of the molecule is CCOc1ccc(NC(=S)N[C@H](C[NH+]2CCOCC2)c2ccccc2)cc1. The Morgan fingerprint density at radius 2 is 1.81 bits per heavy atom. The Kier molecular flexibility index (Phi) is 7.45. The van der Waals surface area contributed by atoms with Crippen molar-refractivity contribution in [3.8, 4) is 5.75 Å². The smallest absolute Gasteiger partial charge is 0.171 e. The summed E-state index contributed by atoms with van der Waals surface area (Å²) in [7, 11) is 0. The lowest BCUT2D eigenvalue weighted by atomic mass is 10.1. The van der Waals surface area contributed by atoms with Crippen LogP contribution in [0.5, 0.6) is 5.75 Å². The molecule has 5 nitrogen and oxygen atoms in total. The average molecular weight is 387 g/mol. The van der Waals surface area contributed by atoms with Crippen LogP contribution in [0.15, 0.2) is 54.6 Å². The molecule has 1 aliphatic heterocycles. The topological polar surface area (TPSA) is 47.0 Å². The maximum atomic E-state index is 5.58. The molecule has 1 atom stereocenters. The van der Waals surface area contributed by atoms with Gasteiger partial charge in [0.05, 0.1) is 19.8 Å². The molecule has 0 aromatic heterocycles. The third kappa shape index (κ3) is 6.20. The molecule has 0 spiro atoms. The summed E-state index contributed by atoms with van der Waals surface area (Å²) in [6.45, 7) is 7.32. The Balaban J connectivity index is 1.62. The van der Waals surface area contributed by atoms with Crippen molar-refractivity contribution >= 4 is 23.0 Å². The van der Waals surface area contributed by atoms with Gasteiger partial charge in [-0.2, -0.15) is 0 Å². The van der Waals surface area contributed by atoms with Crippen molar-refractivity contribution in [1.82, 2.24) is 5.32 Å². The first-order valence-corrected chi connectivity index (χ1v) is 9.92. The Labute approximate surface area is 166 Å². The Bertz CT molecular complexity index is 703. The van der Waals surface area contributed by atoms with E-state index in [-0.39, 0.29) is 6.04 Å². The molecule has 1 aliphatic rings. The van der Waals surface area contributed by atoms with Crippen LogP contribution in [0.2, 0.25) is 0 Å². The Hall–Kier alpha value is -2.15. The molecule has 2 aromatic carbocycles. The lowest BCUT2D eigenvalue weighted by molar-refractivity contribution is -0.909. The van der Waals surface area contributed by atoms with Crippen LogP contribution in [-0.4, -0.2) is 44.6 Å². The normalized spacial score (nSPS) is 15.7. The summed E-state index contributed by atoms with van der Waals surface area (Å²) in [6, 6.07) is 18.5. The van der Waals surface area contributed by atoms with Gasteiger partial charge in [-0.3, -0.25) is 0 Å². The second-order valence-electron chi connectivity index (χ2n) is 6.59. The van der Waals surface area contributed by atoms with Gasteiger partial charge in [0.1, 0.15) is 31.4 Å².